The molecule has 0 amide bonds. The van der Waals surface area contributed by atoms with Crippen molar-refractivity contribution in [2.75, 3.05) is 46.7 Å². The zero-order valence-electron chi connectivity index (χ0n) is 11.0. The Morgan fingerprint density at radius 2 is 1.62 bits per heavy atom. The van der Waals surface area contributed by atoms with Gasteiger partial charge in [-0.25, -0.2) is 0 Å². The van der Waals surface area contributed by atoms with Crippen molar-refractivity contribution >= 4 is 0 Å². The summed E-state index contributed by atoms with van der Waals surface area (Å²) in [6.45, 7) is 8.84. The van der Waals surface area contributed by atoms with Crippen molar-refractivity contribution in [3.8, 4) is 0 Å². The third kappa shape index (κ3) is 11.9. The lowest BCUT2D eigenvalue weighted by atomic mass is 10.2. The molecule has 0 radical (unpaired) electrons. The van der Waals surface area contributed by atoms with Crippen molar-refractivity contribution in [2.45, 2.75) is 32.7 Å². The molecule has 0 saturated carbocycles. The van der Waals surface area contributed by atoms with Gasteiger partial charge in [-0.3, -0.25) is 0 Å². The molecule has 0 saturated heterocycles. The quantitative estimate of drug-likeness (QED) is 0.518. The lowest BCUT2D eigenvalue weighted by Gasteiger charge is -2.11. The van der Waals surface area contributed by atoms with Crippen LogP contribution in [0.25, 0.3) is 0 Å². The van der Waals surface area contributed by atoms with Gasteiger partial charge in [-0.05, 0) is 26.3 Å². The second-order valence-corrected chi connectivity index (χ2v) is 3.82. The topological polar surface area (TPSA) is 39.7 Å². The first-order valence-electron chi connectivity index (χ1n) is 6.19. The minimum Gasteiger partial charge on any atom is -0.382 e. The average molecular weight is 233 g/mol. The molecule has 0 aliphatic heterocycles. The Labute approximate surface area is 99.6 Å². The minimum absolute atomic E-state index is 0.589. The van der Waals surface area contributed by atoms with Gasteiger partial charge in [-0.1, -0.05) is 6.92 Å². The zero-order valence-corrected chi connectivity index (χ0v) is 11.0. The normalized spacial score (nSPS) is 12.9. The van der Waals surface area contributed by atoms with E-state index in [1.807, 2.05) is 0 Å². The van der Waals surface area contributed by atoms with Crippen LogP contribution in [0, 0.1) is 0 Å². The average Bonchev–Trinajstić information content (AvgIpc) is 2.27. The van der Waals surface area contributed by atoms with E-state index in [4.69, 9.17) is 14.2 Å². The minimum atomic E-state index is 0.589. The van der Waals surface area contributed by atoms with E-state index in [0.29, 0.717) is 32.5 Å². The molecule has 0 aromatic heterocycles. The van der Waals surface area contributed by atoms with Gasteiger partial charge in [0.1, 0.15) is 0 Å². The molecule has 98 valence electrons. The van der Waals surface area contributed by atoms with Gasteiger partial charge in [0.05, 0.1) is 26.4 Å². The molecule has 0 aromatic carbocycles. The first kappa shape index (κ1) is 15.8. The second kappa shape index (κ2) is 12.9. The van der Waals surface area contributed by atoms with Crippen LogP contribution in [0.1, 0.15) is 26.7 Å². The maximum atomic E-state index is 5.45. The zero-order chi connectivity index (χ0) is 12.1. The highest BCUT2D eigenvalue weighted by Gasteiger charge is 1.98. The van der Waals surface area contributed by atoms with Crippen molar-refractivity contribution < 1.29 is 14.2 Å². The van der Waals surface area contributed by atoms with E-state index in [9.17, 15) is 0 Å². The van der Waals surface area contributed by atoms with Gasteiger partial charge >= 0.3 is 0 Å². The number of methoxy groups -OCH3 is 1. The first-order valence-corrected chi connectivity index (χ1v) is 6.19. The summed E-state index contributed by atoms with van der Waals surface area (Å²) in [4.78, 5) is 0. The molecule has 0 aromatic rings. The number of nitrogens with one attached hydrogen (secondary N) is 1. The third-order valence-electron chi connectivity index (χ3n) is 2.28. The fourth-order valence-corrected chi connectivity index (χ4v) is 1.41. The van der Waals surface area contributed by atoms with E-state index >= 15 is 0 Å². The van der Waals surface area contributed by atoms with Gasteiger partial charge in [0, 0.05) is 19.8 Å². The molecule has 1 unspecified atom stereocenters. The standard InChI is InChI=1S/C12H27NO3/c1-4-13-12(2)6-5-7-15-10-11-16-9-8-14-3/h12-13H,4-11H2,1-3H3. The monoisotopic (exact) mass is 233 g/mol. The van der Waals surface area contributed by atoms with Crippen LogP contribution < -0.4 is 5.32 Å². The summed E-state index contributed by atoms with van der Waals surface area (Å²) in [6, 6.07) is 0.589. The van der Waals surface area contributed by atoms with Gasteiger partial charge in [0.2, 0.25) is 0 Å². The van der Waals surface area contributed by atoms with Crippen LogP contribution in [0.15, 0.2) is 0 Å². The highest BCUT2D eigenvalue weighted by Crippen LogP contribution is 1.96. The molecular weight excluding hydrogens is 206 g/mol. The van der Waals surface area contributed by atoms with E-state index in [-0.39, 0.29) is 0 Å². The highest BCUT2D eigenvalue weighted by molar-refractivity contribution is 4.58. The smallest absolute Gasteiger partial charge is 0.0701 e. The molecule has 4 nitrogen and oxygen atoms in total. The molecule has 0 heterocycles. The maximum Gasteiger partial charge on any atom is 0.0701 e. The molecule has 0 aliphatic rings. The van der Waals surface area contributed by atoms with Crippen LogP contribution in [0.2, 0.25) is 0 Å². The molecule has 0 aliphatic carbocycles. The molecular formula is C12H27NO3. The largest absolute Gasteiger partial charge is 0.382 e. The number of rotatable bonds is 12. The van der Waals surface area contributed by atoms with E-state index in [0.717, 1.165) is 19.6 Å². The lowest BCUT2D eigenvalue weighted by molar-refractivity contribution is 0.0237. The lowest BCUT2D eigenvalue weighted by Crippen LogP contribution is -2.25. The van der Waals surface area contributed by atoms with E-state index in [2.05, 4.69) is 19.2 Å². The van der Waals surface area contributed by atoms with Crippen LogP contribution in [0.3, 0.4) is 0 Å². The molecule has 0 fully saturated rings. The number of ether oxygens (including phenoxy) is 3. The molecule has 0 bridgehead atoms. The van der Waals surface area contributed by atoms with E-state index in [1.165, 1.54) is 6.42 Å². The van der Waals surface area contributed by atoms with Crippen LogP contribution >= 0.6 is 0 Å². The fraction of sp³-hybridized carbons (Fsp3) is 1.00. The van der Waals surface area contributed by atoms with Gasteiger partial charge in [-0.2, -0.15) is 0 Å². The summed E-state index contributed by atoms with van der Waals surface area (Å²) in [5, 5.41) is 3.38. The second-order valence-electron chi connectivity index (χ2n) is 3.82. The SMILES string of the molecule is CCNC(C)CCCOCCOCCOC. The summed E-state index contributed by atoms with van der Waals surface area (Å²) in [5.74, 6) is 0. The van der Waals surface area contributed by atoms with Gasteiger partial charge in [-0.15, -0.1) is 0 Å². The molecule has 1 N–H and O–H groups in total. The molecule has 1 atom stereocenters. The Bertz CT molecular complexity index is 133. The van der Waals surface area contributed by atoms with Gasteiger partial charge in [0.25, 0.3) is 0 Å². The van der Waals surface area contributed by atoms with Crippen molar-refractivity contribution in [1.29, 1.82) is 0 Å². The summed E-state index contributed by atoms with van der Waals surface area (Å²) in [5.41, 5.74) is 0. The van der Waals surface area contributed by atoms with Crippen molar-refractivity contribution in [3.05, 3.63) is 0 Å². The third-order valence-corrected chi connectivity index (χ3v) is 2.28. The van der Waals surface area contributed by atoms with Crippen molar-refractivity contribution in [1.82, 2.24) is 5.32 Å². The van der Waals surface area contributed by atoms with E-state index < -0.39 is 0 Å². The Balaban J connectivity index is 2.98. The predicted molar refractivity (Wildman–Crippen MR) is 65.9 cm³/mol. The number of hydrogen-bond acceptors (Lipinski definition) is 4. The Kier molecular flexibility index (Phi) is 12.8. The van der Waals surface area contributed by atoms with Crippen LogP contribution in [-0.2, 0) is 14.2 Å². The molecule has 0 spiro atoms. The van der Waals surface area contributed by atoms with E-state index in [1.54, 1.807) is 7.11 Å². The summed E-state index contributed by atoms with van der Waals surface area (Å²) >= 11 is 0. The van der Waals surface area contributed by atoms with Gasteiger partial charge in [0.15, 0.2) is 0 Å². The Morgan fingerprint density at radius 1 is 1.00 bits per heavy atom. The fourth-order valence-electron chi connectivity index (χ4n) is 1.41. The summed E-state index contributed by atoms with van der Waals surface area (Å²) < 4.78 is 15.6. The van der Waals surface area contributed by atoms with Gasteiger partial charge < -0.3 is 19.5 Å². The highest BCUT2D eigenvalue weighted by atomic mass is 16.5. The predicted octanol–water partition coefficient (Wildman–Crippen LogP) is 1.44. The number of hydrogen-bond donors (Lipinski definition) is 1. The Morgan fingerprint density at radius 3 is 2.25 bits per heavy atom. The Hall–Kier alpha value is -0.160. The molecule has 4 heteroatoms. The van der Waals surface area contributed by atoms with Crippen molar-refractivity contribution in [3.63, 3.8) is 0 Å². The van der Waals surface area contributed by atoms with Crippen LogP contribution in [0.5, 0.6) is 0 Å². The molecule has 0 rings (SSSR count). The summed E-state index contributed by atoms with van der Waals surface area (Å²) in [6.07, 6.45) is 2.27. The van der Waals surface area contributed by atoms with Crippen molar-refractivity contribution in [2.24, 2.45) is 0 Å². The maximum absolute atomic E-state index is 5.45. The molecule has 16 heavy (non-hydrogen) atoms. The van der Waals surface area contributed by atoms with Crippen LogP contribution in [0.4, 0.5) is 0 Å². The first-order chi connectivity index (χ1) is 7.81. The summed E-state index contributed by atoms with van der Waals surface area (Å²) in [7, 11) is 1.67. The van der Waals surface area contributed by atoms with Crippen LogP contribution in [-0.4, -0.2) is 52.7 Å².